The van der Waals surface area contributed by atoms with Gasteiger partial charge in [-0.25, -0.2) is 0 Å². The van der Waals surface area contributed by atoms with Gasteiger partial charge in [0.1, 0.15) is 5.76 Å². The summed E-state index contributed by atoms with van der Waals surface area (Å²) in [5.74, 6) is 1.61. The first-order chi connectivity index (χ1) is 7.38. The van der Waals surface area contributed by atoms with Crippen molar-refractivity contribution in [2.75, 3.05) is 0 Å². The highest BCUT2D eigenvalue weighted by atomic mass is 32.2. The molecule has 1 heterocycles. The second kappa shape index (κ2) is 5.00. The molecule has 4 heteroatoms. The van der Waals surface area contributed by atoms with Crippen LogP contribution >= 0.6 is 11.8 Å². The van der Waals surface area contributed by atoms with E-state index in [0.717, 1.165) is 22.0 Å². The summed E-state index contributed by atoms with van der Waals surface area (Å²) in [7, 11) is 0. The molecule has 0 aliphatic carbocycles. The van der Waals surface area contributed by atoms with Gasteiger partial charge >= 0.3 is 0 Å². The predicted octanol–water partition coefficient (Wildman–Crippen LogP) is 2.46. The van der Waals surface area contributed by atoms with Gasteiger partial charge in [-0.3, -0.25) is 0 Å². The summed E-state index contributed by atoms with van der Waals surface area (Å²) in [6.07, 6.45) is 1.64. The van der Waals surface area contributed by atoms with E-state index in [1.165, 1.54) is 0 Å². The molecule has 0 unspecified atom stereocenters. The van der Waals surface area contributed by atoms with Gasteiger partial charge in [-0.2, -0.15) is 0 Å². The molecule has 0 radical (unpaired) electrons. The number of hydrogen-bond acceptors (Lipinski definition) is 4. The number of rotatable bonds is 4. The molecule has 2 aromatic rings. The van der Waals surface area contributed by atoms with Crippen molar-refractivity contribution < 1.29 is 9.63 Å². The molecule has 0 saturated heterocycles. The minimum Gasteiger partial charge on any atom is -0.392 e. The van der Waals surface area contributed by atoms with Gasteiger partial charge in [0.05, 0.1) is 18.6 Å². The highest BCUT2D eigenvalue weighted by Gasteiger charge is 2.00. The number of thioether (sulfide) groups is 1. The number of aromatic nitrogens is 1. The molecule has 0 aliphatic rings. The lowest BCUT2D eigenvalue weighted by atomic mass is 10.2. The molecule has 3 nitrogen and oxygen atoms in total. The molecule has 0 aliphatic heterocycles. The van der Waals surface area contributed by atoms with E-state index in [9.17, 15) is 0 Å². The van der Waals surface area contributed by atoms with Crippen molar-refractivity contribution >= 4 is 11.8 Å². The zero-order valence-electron chi connectivity index (χ0n) is 8.09. The first-order valence-electron chi connectivity index (χ1n) is 4.60. The number of nitrogens with zero attached hydrogens (tertiary/aromatic N) is 1. The fourth-order valence-electron chi connectivity index (χ4n) is 1.20. The first kappa shape index (κ1) is 10.3. The second-order valence-corrected chi connectivity index (χ2v) is 4.12. The minimum atomic E-state index is 0.0801. The molecule has 0 amide bonds. The first-order valence-corrected chi connectivity index (χ1v) is 5.59. The zero-order chi connectivity index (χ0) is 10.5. The molecule has 0 saturated carbocycles. The Morgan fingerprint density at radius 1 is 1.33 bits per heavy atom. The molecule has 78 valence electrons. The van der Waals surface area contributed by atoms with Gasteiger partial charge in [-0.15, -0.1) is 11.8 Å². The molecule has 2 rings (SSSR count). The summed E-state index contributed by atoms with van der Waals surface area (Å²) >= 11 is 1.66. The van der Waals surface area contributed by atoms with Gasteiger partial charge in [0, 0.05) is 11.0 Å². The van der Waals surface area contributed by atoms with Crippen LogP contribution in [0.2, 0.25) is 0 Å². The molecule has 0 fully saturated rings. The fourth-order valence-corrected chi connectivity index (χ4v) is 2.07. The van der Waals surface area contributed by atoms with E-state index in [4.69, 9.17) is 9.63 Å². The molecule has 0 atom stereocenters. The van der Waals surface area contributed by atoms with E-state index < -0.39 is 0 Å². The van der Waals surface area contributed by atoms with Crippen LogP contribution in [-0.4, -0.2) is 10.3 Å². The Morgan fingerprint density at radius 3 is 3.00 bits per heavy atom. The molecular weight excluding hydrogens is 210 g/mol. The Balaban J connectivity index is 1.98. The van der Waals surface area contributed by atoms with E-state index >= 15 is 0 Å². The van der Waals surface area contributed by atoms with Crippen molar-refractivity contribution in [3.8, 4) is 0 Å². The monoisotopic (exact) mass is 221 g/mol. The lowest BCUT2D eigenvalue weighted by molar-refractivity contribution is 0.281. The summed E-state index contributed by atoms with van der Waals surface area (Å²) < 4.78 is 4.99. The standard InChI is InChI=1S/C11H11NO2S/c13-7-9-2-1-3-11(6-9)15-8-10-4-5-12-14-10/h1-6,13H,7-8H2. The normalized spacial score (nSPS) is 10.5. The van der Waals surface area contributed by atoms with Crippen molar-refractivity contribution in [2.24, 2.45) is 0 Å². The smallest absolute Gasteiger partial charge is 0.146 e. The Kier molecular flexibility index (Phi) is 3.42. The average molecular weight is 221 g/mol. The number of aliphatic hydroxyl groups is 1. The van der Waals surface area contributed by atoms with Crippen LogP contribution in [0.4, 0.5) is 0 Å². The van der Waals surface area contributed by atoms with Crippen molar-refractivity contribution in [2.45, 2.75) is 17.3 Å². The molecule has 1 aromatic carbocycles. The Labute approximate surface area is 92.1 Å². The van der Waals surface area contributed by atoms with Crippen LogP contribution in [0.3, 0.4) is 0 Å². The maximum Gasteiger partial charge on any atom is 0.146 e. The highest BCUT2D eigenvalue weighted by Crippen LogP contribution is 2.23. The maximum absolute atomic E-state index is 8.98. The lowest BCUT2D eigenvalue weighted by Gasteiger charge is -2.01. The molecule has 1 N–H and O–H groups in total. The molecule has 1 aromatic heterocycles. The van der Waals surface area contributed by atoms with Crippen molar-refractivity contribution in [3.63, 3.8) is 0 Å². The van der Waals surface area contributed by atoms with Crippen LogP contribution in [0.25, 0.3) is 0 Å². The average Bonchev–Trinajstić information content (AvgIpc) is 2.79. The lowest BCUT2D eigenvalue weighted by Crippen LogP contribution is -1.83. The number of hydrogen-bond donors (Lipinski definition) is 1. The van der Waals surface area contributed by atoms with Crippen molar-refractivity contribution in [1.29, 1.82) is 0 Å². The summed E-state index contributed by atoms with van der Waals surface area (Å²) in [6, 6.07) is 9.68. The van der Waals surface area contributed by atoms with Gasteiger partial charge in [-0.05, 0) is 17.7 Å². The van der Waals surface area contributed by atoms with Crippen LogP contribution in [-0.2, 0) is 12.4 Å². The van der Waals surface area contributed by atoms with Crippen LogP contribution in [0.15, 0.2) is 45.9 Å². The van der Waals surface area contributed by atoms with Gasteiger partial charge < -0.3 is 9.63 Å². The second-order valence-electron chi connectivity index (χ2n) is 3.07. The van der Waals surface area contributed by atoms with Gasteiger partial charge in [-0.1, -0.05) is 17.3 Å². The summed E-state index contributed by atoms with van der Waals surface area (Å²) in [6.45, 7) is 0.0801. The summed E-state index contributed by atoms with van der Waals surface area (Å²) in [5, 5.41) is 12.6. The largest absolute Gasteiger partial charge is 0.392 e. The van der Waals surface area contributed by atoms with E-state index in [1.54, 1.807) is 18.0 Å². The van der Waals surface area contributed by atoms with Gasteiger partial charge in [0.15, 0.2) is 0 Å². The van der Waals surface area contributed by atoms with Crippen LogP contribution in [0, 0.1) is 0 Å². The molecule has 0 spiro atoms. The predicted molar refractivity (Wildman–Crippen MR) is 58.4 cm³/mol. The van der Waals surface area contributed by atoms with Gasteiger partial charge in [0.2, 0.25) is 0 Å². The van der Waals surface area contributed by atoms with E-state index in [1.807, 2.05) is 30.3 Å². The number of aliphatic hydroxyl groups excluding tert-OH is 1. The summed E-state index contributed by atoms with van der Waals surface area (Å²) in [4.78, 5) is 1.12. The van der Waals surface area contributed by atoms with E-state index in [0.29, 0.717) is 0 Å². The molecular formula is C11H11NO2S. The Morgan fingerprint density at radius 2 is 2.27 bits per heavy atom. The fraction of sp³-hybridized carbons (Fsp3) is 0.182. The van der Waals surface area contributed by atoms with Crippen LogP contribution in [0.1, 0.15) is 11.3 Å². The quantitative estimate of drug-likeness (QED) is 0.805. The number of benzene rings is 1. The zero-order valence-corrected chi connectivity index (χ0v) is 8.91. The topological polar surface area (TPSA) is 46.3 Å². The maximum atomic E-state index is 8.98. The molecule has 15 heavy (non-hydrogen) atoms. The highest BCUT2D eigenvalue weighted by molar-refractivity contribution is 7.98. The third kappa shape index (κ3) is 2.84. The Bertz CT molecular complexity index is 414. The van der Waals surface area contributed by atoms with E-state index in [-0.39, 0.29) is 6.61 Å². The van der Waals surface area contributed by atoms with Crippen molar-refractivity contribution in [1.82, 2.24) is 5.16 Å². The molecule has 0 bridgehead atoms. The summed E-state index contributed by atoms with van der Waals surface area (Å²) in [5.41, 5.74) is 0.928. The third-order valence-electron chi connectivity index (χ3n) is 1.95. The minimum absolute atomic E-state index is 0.0801. The Hall–Kier alpha value is -1.26. The third-order valence-corrected chi connectivity index (χ3v) is 2.97. The van der Waals surface area contributed by atoms with E-state index in [2.05, 4.69) is 5.16 Å². The van der Waals surface area contributed by atoms with Crippen LogP contribution in [0.5, 0.6) is 0 Å². The van der Waals surface area contributed by atoms with Gasteiger partial charge in [0.25, 0.3) is 0 Å². The van der Waals surface area contributed by atoms with Crippen LogP contribution < -0.4 is 0 Å². The van der Waals surface area contributed by atoms with Crippen molar-refractivity contribution in [3.05, 3.63) is 47.9 Å². The SMILES string of the molecule is OCc1cccc(SCc2ccno2)c1.